The highest BCUT2D eigenvalue weighted by Crippen LogP contribution is 2.13. The van der Waals surface area contributed by atoms with E-state index in [9.17, 15) is 4.79 Å². The standard InChI is InChI=1S/C10H10O3/c1-13-7-9(10(11)12)8-5-3-2-4-6-8/h2-7H,1H3,(H,11,12). The Morgan fingerprint density at radius 2 is 2.00 bits per heavy atom. The average Bonchev–Trinajstić information content (AvgIpc) is 2.15. The monoisotopic (exact) mass is 178 g/mol. The normalized spacial score (nSPS) is 11.0. The van der Waals surface area contributed by atoms with Crippen molar-refractivity contribution in [1.82, 2.24) is 0 Å². The van der Waals surface area contributed by atoms with Crippen molar-refractivity contribution in [3.05, 3.63) is 42.2 Å². The molecule has 0 radical (unpaired) electrons. The van der Waals surface area contributed by atoms with Crippen molar-refractivity contribution in [3.8, 4) is 0 Å². The molecule has 3 nitrogen and oxygen atoms in total. The van der Waals surface area contributed by atoms with Crippen molar-refractivity contribution in [2.75, 3.05) is 7.11 Å². The SMILES string of the molecule is COC=C(C(=O)O)c1ccccc1. The second-order valence-corrected chi connectivity index (χ2v) is 2.44. The lowest BCUT2D eigenvalue weighted by atomic mass is 10.1. The van der Waals surface area contributed by atoms with Crippen molar-refractivity contribution < 1.29 is 14.6 Å². The first kappa shape index (κ1) is 9.32. The van der Waals surface area contributed by atoms with Crippen LogP contribution in [-0.2, 0) is 9.53 Å². The average molecular weight is 178 g/mol. The number of ether oxygens (including phenoxy) is 1. The van der Waals surface area contributed by atoms with Crippen molar-refractivity contribution in [1.29, 1.82) is 0 Å². The van der Waals surface area contributed by atoms with Gasteiger partial charge in [0.05, 0.1) is 13.4 Å². The molecule has 0 aliphatic carbocycles. The molecule has 0 atom stereocenters. The molecule has 0 unspecified atom stereocenters. The first-order chi connectivity index (χ1) is 6.25. The summed E-state index contributed by atoms with van der Waals surface area (Å²) in [6.07, 6.45) is 1.22. The molecule has 3 heteroatoms. The Hall–Kier alpha value is -1.77. The molecule has 13 heavy (non-hydrogen) atoms. The van der Waals surface area contributed by atoms with Gasteiger partial charge in [0.2, 0.25) is 0 Å². The van der Waals surface area contributed by atoms with Crippen LogP contribution in [0.4, 0.5) is 0 Å². The number of carbonyl (C=O) groups is 1. The fourth-order valence-electron chi connectivity index (χ4n) is 0.977. The number of hydrogen-bond acceptors (Lipinski definition) is 2. The predicted octanol–water partition coefficient (Wildman–Crippen LogP) is 1.76. The van der Waals surface area contributed by atoms with Gasteiger partial charge < -0.3 is 9.84 Å². The maximum Gasteiger partial charge on any atom is 0.339 e. The lowest BCUT2D eigenvalue weighted by molar-refractivity contribution is -0.130. The number of methoxy groups -OCH3 is 1. The molecule has 1 aromatic rings. The van der Waals surface area contributed by atoms with E-state index >= 15 is 0 Å². The minimum Gasteiger partial charge on any atom is -0.503 e. The number of carboxylic acids is 1. The summed E-state index contributed by atoms with van der Waals surface area (Å²) in [4.78, 5) is 10.7. The van der Waals surface area contributed by atoms with E-state index in [-0.39, 0.29) is 5.57 Å². The lowest BCUT2D eigenvalue weighted by Crippen LogP contribution is -1.99. The summed E-state index contributed by atoms with van der Waals surface area (Å²) in [5.74, 6) is -0.993. The van der Waals surface area contributed by atoms with Crippen molar-refractivity contribution in [2.24, 2.45) is 0 Å². The van der Waals surface area contributed by atoms with Crippen LogP contribution in [0, 0.1) is 0 Å². The van der Waals surface area contributed by atoms with Crippen LogP contribution in [0.25, 0.3) is 5.57 Å². The summed E-state index contributed by atoms with van der Waals surface area (Å²) in [6.45, 7) is 0. The second-order valence-electron chi connectivity index (χ2n) is 2.44. The van der Waals surface area contributed by atoms with Gasteiger partial charge in [0.1, 0.15) is 5.57 Å². The third-order valence-corrected chi connectivity index (χ3v) is 1.55. The molecule has 1 rings (SSSR count). The van der Waals surface area contributed by atoms with E-state index in [1.807, 2.05) is 6.07 Å². The summed E-state index contributed by atoms with van der Waals surface area (Å²) < 4.78 is 4.68. The maximum atomic E-state index is 10.7. The molecule has 0 heterocycles. The number of rotatable bonds is 3. The van der Waals surface area contributed by atoms with E-state index < -0.39 is 5.97 Å². The molecule has 0 aliphatic heterocycles. The Bertz CT molecular complexity index is 314. The Kier molecular flexibility index (Phi) is 3.09. The van der Waals surface area contributed by atoms with Crippen molar-refractivity contribution in [2.45, 2.75) is 0 Å². The van der Waals surface area contributed by atoms with Crippen LogP contribution < -0.4 is 0 Å². The first-order valence-corrected chi connectivity index (χ1v) is 3.77. The number of benzene rings is 1. The van der Waals surface area contributed by atoms with Gasteiger partial charge in [-0.3, -0.25) is 0 Å². The highest BCUT2D eigenvalue weighted by molar-refractivity contribution is 6.14. The van der Waals surface area contributed by atoms with Gasteiger partial charge in [-0.1, -0.05) is 30.3 Å². The Labute approximate surface area is 76.3 Å². The maximum absolute atomic E-state index is 10.7. The van der Waals surface area contributed by atoms with Crippen molar-refractivity contribution >= 4 is 11.5 Å². The first-order valence-electron chi connectivity index (χ1n) is 3.77. The Morgan fingerprint density at radius 3 is 2.46 bits per heavy atom. The van der Waals surface area contributed by atoms with Crippen LogP contribution in [0.3, 0.4) is 0 Å². The Balaban J connectivity index is 3.03. The molecular formula is C10H10O3. The number of hydrogen-bond donors (Lipinski definition) is 1. The minimum atomic E-state index is -0.993. The van der Waals surface area contributed by atoms with E-state index in [0.29, 0.717) is 5.56 Å². The van der Waals surface area contributed by atoms with E-state index in [1.54, 1.807) is 24.3 Å². The van der Waals surface area contributed by atoms with Gasteiger partial charge in [-0.25, -0.2) is 4.79 Å². The zero-order valence-electron chi connectivity index (χ0n) is 7.23. The summed E-state index contributed by atoms with van der Waals surface area (Å²) in [5.41, 5.74) is 0.792. The van der Waals surface area contributed by atoms with Crippen LogP contribution in [0.5, 0.6) is 0 Å². The van der Waals surface area contributed by atoms with Gasteiger partial charge in [0, 0.05) is 0 Å². The highest BCUT2D eigenvalue weighted by Gasteiger charge is 2.09. The smallest absolute Gasteiger partial charge is 0.339 e. The van der Waals surface area contributed by atoms with Crippen molar-refractivity contribution in [3.63, 3.8) is 0 Å². The quantitative estimate of drug-likeness (QED) is 0.566. The largest absolute Gasteiger partial charge is 0.503 e. The van der Waals surface area contributed by atoms with E-state index in [4.69, 9.17) is 5.11 Å². The van der Waals surface area contributed by atoms with Crippen LogP contribution in [-0.4, -0.2) is 18.2 Å². The van der Waals surface area contributed by atoms with E-state index in [0.717, 1.165) is 0 Å². The van der Waals surface area contributed by atoms with Crippen LogP contribution in [0.1, 0.15) is 5.56 Å². The zero-order valence-corrected chi connectivity index (χ0v) is 7.23. The van der Waals surface area contributed by atoms with Gasteiger partial charge in [0.25, 0.3) is 0 Å². The topological polar surface area (TPSA) is 46.5 Å². The summed E-state index contributed by atoms with van der Waals surface area (Å²) >= 11 is 0. The molecule has 68 valence electrons. The molecule has 0 spiro atoms. The molecule has 1 N–H and O–H groups in total. The molecule has 0 fully saturated rings. The number of carboxylic acid groups (broad SMARTS) is 1. The second kappa shape index (κ2) is 4.30. The van der Waals surface area contributed by atoms with Gasteiger partial charge in [0.15, 0.2) is 0 Å². The molecule has 0 aromatic heterocycles. The zero-order chi connectivity index (χ0) is 9.68. The fraction of sp³-hybridized carbons (Fsp3) is 0.100. The third-order valence-electron chi connectivity index (χ3n) is 1.55. The lowest BCUT2D eigenvalue weighted by Gasteiger charge is -2.00. The van der Waals surface area contributed by atoms with Crippen LogP contribution >= 0.6 is 0 Å². The van der Waals surface area contributed by atoms with Crippen LogP contribution in [0.15, 0.2) is 36.6 Å². The third kappa shape index (κ3) is 2.33. The number of aliphatic carboxylic acids is 1. The molecule has 0 amide bonds. The summed E-state index contributed by atoms with van der Waals surface area (Å²) in [6, 6.07) is 8.83. The van der Waals surface area contributed by atoms with Gasteiger partial charge in [-0.2, -0.15) is 0 Å². The molecule has 0 saturated carbocycles. The Morgan fingerprint density at radius 1 is 1.38 bits per heavy atom. The fourth-order valence-corrected chi connectivity index (χ4v) is 0.977. The van der Waals surface area contributed by atoms with Gasteiger partial charge >= 0.3 is 5.97 Å². The van der Waals surface area contributed by atoms with Crippen LogP contribution in [0.2, 0.25) is 0 Å². The molecule has 0 saturated heterocycles. The molecule has 0 bridgehead atoms. The minimum absolute atomic E-state index is 0.156. The van der Waals surface area contributed by atoms with E-state index in [1.165, 1.54) is 13.4 Å². The molecule has 0 aliphatic rings. The molecular weight excluding hydrogens is 168 g/mol. The highest BCUT2D eigenvalue weighted by atomic mass is 16.5. The molecule has 1 aromatic carbocycles. The van der Waals surface area contributed by atoms with Gasteiger partial charge in [-0.05, 0) is 5.56 Å². The van der Waals surface area contributed by atoms with E-state index in [2.05, 4.69) is 4.74 Å². The van der Waals surface area contributed by atoms with Gasteiger partial charge in [-0.15, -0.1) is 0 Å². The predicted molar refractivity (Wildman–Crippen MR) is 49.1 cm³/mol. The summed E-state index contributed by atoms with van der Waals surface area (Å²) in [7, 11) is 1.42. The summed E-state index contributed by atoms with van der Waals surface area (Å²) in [5, 5.41) is 8.81.